The van der Waals surface area contributed by atoms with Gasteiger partial charge in [-0.1, -0.05) is 18.5 Å². The molecule has 0 bridgehead atoms. The molecule has 1 aromatic rings. The van der Waals surface area contributed by atoms with Gasteiger partial charge in [-0.05, 0) is 18.6 Å². The van der Waals surface area contributed by atoms with E-state index in [4.69, 9.17) is 16.9 Å². The van der Waals surface area contributed by atoms with Gasteiger partial charge in [-0.25, -0.2) is 8.78 Å². The molecule has 0 N–H and O–H groups in total. The van der Waals surface area contributed by atoms with Gasteiger partial charge >= 0.3 is 0 Å². The fourth-order valence-electron chi connectivity index (χ4n) is 1.22. The summed E-state index contributed by atoms with van der Waals surface area (Å²) in [5.41, 5.74) is -0.0448. The summed E-state index contributed by atoms with van der Waals surface area (Å²) in [4.78, 5) is 0. The lowest BCUT2D eigenvalue weighted by Gasteiger charge is -2.10. The lowest BCUT2D eigenvalue weighted by atomic mass is 9.97. The molecule has 0 heterocycles. The highest BCUT2D eigenvalue weighted by Crippen LogP contribution is 2.31. The molecule has 1 nitrogen and oxygen atoms in total. The molecule has 14 heavy (non-hydrogen) atoms. The minimum atomic E-state index is -0.697. The van der Waals surface area contributed by atoms with Crippen molar-refractivity contribution in [2.45, 2.75) is 19.3 Å². The maximum Gasteiger partial charge on any atom is 0.142 e. The van der Waals surface area contributed by atoms with E-state index in [2.05, 4.69) is 0 Å². The van der Waals surface area contributed by atoms with Gasteiger partial charge in [0.05, 0.1) is 17.0 Å². The lowest BCUT2D eigenvalue weighted by molar-refractivity contribution is 0.576. The minimum absolute atomic E-state index is 0.0448. The molecule has 0 radical (unpaired) electrons. The Morgan fingerprint density at radius 3 is 2.50 bits per heavy atom. The second-order valence-corrected chi connectivity index (χ2v) is 3.22. The predicted octanol–water partition coefficient (Wildman–Crippen LogP) is 3.64. The van der Waals surface area contributed by atoms with Crippen LogP contribution in [-0.2, 0) is 0 Å². The zero-order chi connectivity index (χ0) is 10.7. The Morgan fingerprint density at radius 1 is 1.43 bits per heavy atom. The first-order valence-corrected chi connectivity index (χ1v) is 4.52. The Balaban J connectivity index is 3.32. The maximum absolute atomic E-state index is 13.3. The van der Waals surface area contributed by atoms with Crippen LogP contribution in [0.5, 0.6) is 0 Å². The van der Waals surface area contributed by atoms with Crippen LogP contribution in [0.15, 0.2) is 12.1 Å². The van der Waals surface area contributed by atoms with Crippen molar-refractivity contribution in [3.8, 4) is 6.07 Å². The van der Waals surface area contributed by atoms with Crippen LogP contribution in [0.4, 0.5) is 8.78 Å². The molecule has 0 aliphatic carbocycles. The first-order valence-electron chi connectivity index (χ1n) is 4.14. The number of benzene rings is 1. The quantitative estimate of drug-likeness (QED) is 0.691. The van der Waals surface area contributed by atoms with Crippen molar-refractivity contribution in [1.29, 1.82) is 5.26 Å². The Morgan fingerprint density at radius 2 is 2.00 bits per heavy atom. The van der Waals surface area contributed by atoms with Crippen LogP contribution in [0, 0.1) is 23.0 Å². The van der Waals surface area contributed by atoms with Gasteiger partial charge in [-0.15, -0.1) is 0 Å². The smallest absolute Gasteiger partial charge is 0.142 e. The SMILES string of the molecule is CCC(C#N)c1c(F)ccc(F)c1Cl. The predicted molar refractivity (Wildman–Crippen MR) is 50.0 cm³/mol. The molecule has 0 fully saturated rings. The second kappa shape index (κ2) is 4.39. The average molecular weight is 216 g/mol. The molecule has 0 spiro atoms. The van der Waals surface area contributed by atoms with Crippen LogP contribution < -0.4 is 0 Å². The van der Waals surface area contributed by atoms with Crippen molar-refractivity contribution in [3.63, 3.8) is 0 Å². The summed E-state index contributed by atoms with van der Waals surface area (Å²) < 4.78 is 26.2. The average Bonchev–Trinajstić information content (AvgIpc) is 2.19. The van der Waals surface area contributed by atoms with Crippen molar-refractivity contribution in [3.05, 3.63) is 34.4 Å². The van der Waals surface area contributed by atoms with Crippen LogP contribution in [0.25, 0.3) is 0 Å². The number of halogens is 3. The van der Waals surface area contributed by atoms with Gasteiger partial charge in [0.2, 0.25) is 0 Å². The van der Waals surface area contributed by atoms with Crippen LogP contribution in [-0.4, -0.2) is 0 Å². The third kappa shape index (κ3) is 1.85. The van der Waals surface area contributed by atoms with Crippen molar-refractivity contribution in [2.24, 2.45) is 0 Å². The molecule has 74 valence electrons. The van der Waals surface area contributed by atoms with Gasteiger partial charge in [0.25, 0.3) is 0 Å². The van der Waals surface area contributed by atoms with Crippen molar-refractivity contribution < 1.29 is 8.78 Å². The number of hydrogen-bond acceptors (Lipinski definition) is 1. The van der Waals surface area contributed by atoms with E-state index in [1.807, 2.05) is 6.07 Å². The van der Waals surface area contributed by atoms with Gasteiger partial charge in [0.15, 0.2) is 0 Å². The van der Waals surface area contributed by atoms with Crippen LogP contribution in [0.3, 0.4) is 0 Å². The third-order valence-corrected chi connectivity index (χ3v) is 2.38. The number of nitriles is 1. The molecule has 4 heteroatoms. The maximum atomic E-state index is 13.3. The lowest BCUT2D eigenvalue weighted by Crippen LogP contribution is -2.00. The van der Waals surface area contributed by atoms with Crippen LogP contribution >= 0.6 is 11.6 Å². The summed E-state index contributed by atoms with van der Waals surface area (Å²) >= 11 is 5.58. The topological polar surface area (TPSA) is 23.8 Å². The standard InChI is InChI=1S/C10H8ClF2N/c1-2-6(5-14)9-7(12)3-4-8(13)10(9)11/h3-4,6H,2H2,1H3. The van der Waals surface area contributed by atoms with Crippen LogP contribution in [0.2, 0.25) is 5.02 Å². The molecule has 1 aromatic carbocycles. The molecule has 0 saturated heterocycles. The molecule has 1 rings (SSSR count). The molecule has 1 unspecified atom stereocenters. The molecule has 0 saturated carbocycles. The van der Waals surface area contributed by atoms with Crippen molar-refractivity contribution in [1.82, 2.24) is 0 Å². The Bertz CT molecular complexity index is 384. The summed E-state index contributed by atoms with van der Waals surface area (Å²) in [6.45, 7) is 1.72. The van der Waals surface area contributed by atoms with Crippen molar-refractivity contribution >= 4 is 11.6 Å². The zero-order valence-corrected chi connectivity index (χ0v) is 8.28. The van der Waals surface area contributed by atoms with Gasteiger partial charge in [0.1, 0.15) is 11.6 Å². The summed E-state index contributed by atoms with van der Waals surface area (Å²) in [6.07, 6.45) is 0.399. The minimum Gasteiger partial charge on any atom is -0.207 e. The van der Waals surface area contributed by atoms with Gasteiger partial charge in [0, 0.05) is 5.56 Å². The molecule has 1 atom stereocenters. The highest BCUT2D eigenvalue weighted by atomic mass is 35.5. The first kappa shape index (κ1) is 10.9. The normalized spacial score (nSPS) is 12.2. The van der Waals surface area contributed by atoms with E-state index in [0.29, 0.717) is 6.42 Å². The van der Waals surface area contributed by atoms with E-state index in [9.17, 15) is 8.78 Å². The Hall–Kier alpha value is -1.14. The van der Waals surface area contributed by atoms with Gasteiger partial charge in [-0.3, -0.25) is 0 Å². The summed E-state index contributed by atoms with van der Waals surface area (Å²) in [7, 11) is 0. The molecule has 0 aliphatic heterocycles. The molecular weight excluding hydrogens is 208 g/mol. The zero-order valence-electron chi connectivity index (χ0n) is 7.52. The van der Waals surface area contributed by atoms with E-state index in [-0.39, 0.29) is 10.6 Å². The monoisotopic (exact) mass is 215 g/mol. The van der Waals surface area contributed by atoms with Crippen LogP contribution in [0.1, 0.15) is 24.8 Å². The summed E-state index contributed by atoms with van der Waals surface area (Å²) in [6, 6.07) is 3.82. The number of nitrogens with zero attached hydrogens (tertiary/aromatic N) is 1. The van der Waals surface area contributed by atoms with Gasteiger partial charge in [-0.2, -0.15) is 5.26 Å². The summed E-state index contributed by atoms with van der Waals surface area (Å²) in [5, 5.41) is 8.43. The summed E-state index contributed by atoms with van der Waals surface area (Å²) in [5.74, 6) is -2.03. The second-order valence-electron chi connectivity index (χ2n) is 2.85. The van der Waals surface area contributed by atoms with E-state index in [1.165, 1.54) is 0 Å². The van der Waals surface area contributed by atoms with Gasteiger partial charge < -0.3 is 0 Å². The first-order chi connectivity index (χ1) is 6.61. The number of rotatable bonds is 2. The van der Waals surface area contributed by atoms with E-state index in [1.54, 1.807) is 6.92 Å². The Kier molecular flexibility index (Phi) is 3.43. The highest BCUT2D eigenvalue weighted by molar-refractivity contribution is 6.31. The molecule has 0 aliphatic rings. The van der Waals surface area contributed by atoms with E-state index < -0.39 is 17.6 Å². The fourth-order valence-corrected chi connectivity index (χ4v) is 1.51. The Labute approximate surface area is 85.9 Å². The third-order valence-electron chi connectivity index (χ3n) is 1.99. The molecule has 0 amide bonds. The number of hydrogen-bond donors (Lipinski definition) is 0. The van der Waals surface area contributed by atoms with Crippen molar-refractivity contribution in [2.75, 3.05) is 0 Å². The highest BCUT2D eigenvalue weighted by Gasteiger charge is 2.19. The molecule has 0 aromatic heterocycles. The largest absolute Gasteiger partial charge is 0.207 e. The fraction of sp³-hybridized carbons (Fsp3) is 0.300. The molecular formula is C10H8ClF2N. The van der Waals surface area contributed by atoms with E-state index in [0.717, 1.165) is 12.1 Å². The van der Waals surface area contributed by atoms with E-state index >= 15 is 0 Å².